The van der Waals surface area contributed by atoms with E-state index in [0.29, 0.717) is 10.8 Å². The molecule has 0 aliphatic carbocycles. The maximum atomic E-state index is 12.0. The van der Waals surface area contributed by atoms with Crippen LogP contribution in [0.4, 0.5) is 5.82 Å². The third kappa shape index (κ3) is 4.63. The highest BCUT2D eigenvalue weighted by molar-refractivity contribution is 7.89. The molecule has 2 N–H and O–H groups in total. The zero-order valence-electron chi connectivity index (χ0n) is 11.4. The Kier molecular flexibility index (Phi) is 6.03. The number of anilines is 1. The maximum absolute atomic E-state index is 12.0. The topological polar surface area (TPSA) is 71.1 Å². The van der Waals surface area contributed by atoms with Gasteiger partial charge in [0, 0.05) is 18.8 Å². The second-order valence-electron chi connectivity index (χ2n) is 4.36. The van der Waals surface area contributed by atoms with Crippen molar-refractivity contribution in [1.29, 1.82) is 0 Å². The second-order valence-corrected chi connectivity index (χ2v) is 6.48. The molecule has 7 heteroatoms. The third-order valence-corrected chi connectivity index (χ3v) is 4.48. The van der Waals surface area contributed by atoms with Crippen molar-refractivity contribution in [3.63, 3.8) is 0 Å². The molecule has 0 spiro atoms. The minimum atomic E-state index is -3.56. The standard InChI is InChI=1S/C12H20ClN3O2S/c1-4-6-14-12-11(13)7-10(8-15-12)19(17,18)16-9(3)5-2/h7-9,16H,4-6H2,1-3H3,(H,14,15). The molecule has 1 atom stereocenters. The SMILES string of the molecule is CCCNc1ncc(S(=O)(=O)NC(C)CC)cc1Cl. The van der Waals surface area contributed by atoms with Crippen LogP contribution in [0.1, 0.15) is 33.6 Å². The largest absolute Gasteiger partial charge is 0.369 e. The normalized spacial score (nSPS) is 13.3. The van der Waals surface area contributed by atoms with Crippen LogP contribution in [-0.2, 0) is 10.0 Å². The minimum absolute atomic E-state index is 0.0832. The van der Waals surface area contributed by atoms with E-state index >= 15 is 0 Å². The summed E-state index contributed by atoms with van der Waals surface area (Å²) in [5.41, 5.74) is 0. The number of aromatic nitrogens is 1. The van der Waals surface area contributed by atoms with Gasteiger partial charge in [0.25, 0.3) is 0 Å². The number of nitrogens with one attached hydrogen (secondary N) is 2. The van der Waals surface area contributed by atoms with Crippen molar-refractivity contribution < 1.29 is 8.42 Å². The summed E-state index contributed by atoms with van der Waals surface area (Å²) < 4.78 is 26.7. The molecule has 0 saturated carbocycles. The molecule has 1 heterocycles. The lowest BCUT2D eigenvalue weighted by atomic mass is 10.3. The molecule has 0 amide bonds. The van der Waals surface area contributed by atoms with E-state index in [0.717, 1.165) is 19.4 Å². The van der Waals surface area contributed by atoms with Gasteiger partial charge in [-0.25, -0.2) is 18.1 Å². The van der Waals surface area contributed by atoms with Crippen molar-refractivity contribution in [2.75, 3.05) is 11.9 Å². The van der Waals surface area contributed by atoms with E-state index in [9.17, 15) is 8.42 Å². The fourth-order valence-electron chi connectivity index (χ4n) is 1.36. The van der Waals surface area contributed by atoms with E-state index < -0.39 is 10.0 Å². The van der Waals surface area contributed by atoms with Crippen LogP contribution in [0.5, 0.6) is 0 Å². The summed E-state index contributed by atoms with van der Waals surface area (Å²) in [6, 6.07) is 1.29. The summed E-state index contributed by atoms with van der Waals surface area (Å²) >= 11 is 6.02. The summed E-state index contributed by atoms with van der Waals surface area (Å²) in [5, 5.41) is 3.34. The molecular formula is C12H20ClN3O2S. The molecule has 1 aromatic heterocycles. The fraction of sp³-hybridized carbons (Fsp3) is 0.583. The van der Waals surface area contributed by atoms with Crippen LogP contribution in [0.15, 0.2) is 17.2 Å². The number of rotatable bonds is 7. The Morgan fingerprint density at radius 3 is 2.63 bits per heavy atom. The average molecular weight is 306 g/mol. The van der Waals surface area contributed by atoms with E-state index in [1.54, 1.807) is 0 Å². The molecule has 0 saturated heterocycles. The van der Waals surface area contributed by atoms with Gasteiger partial charge in [-0.2, -0.15) is 0 Å². The summed E-state index contributed by atoms with van der Waals surface area (Å²) in [6.45, 7) is 6.49. The van der Waals surface area contributed by atoms with Gasteiger partial charge in [0.05, 0.1) is 5.02 Å². The first-order valence-corrected chi connectivity index (χ1v) is 8.18. The van der Waals surface area contributed by atoms with Crippen molar-refractivity contribution in [2.45, 2.75) is 44.6 Å². The van der Waals surface area contributed by atoms with Crippen molar-refractivity contribution in [3.05, 3.63) is 17.3 Å². The van der Waals surface area contributed by atoms with E-state index in [1.807, 2.05) is 20.8 Å². The molecule has 0 aromatic carbocycles. The Bertz CT molecular complexity index is 520. The highest BCUT2D eigenvalue weighted by Crippen LogP contribution is 2.22. The molecule has 19 heavy (non-hydrogen) atoms. The Balaban J connectivity index is 2.93. The zero-order valence-corrected chi connectivity index (χ0v) is 13.0. The molecule has 1 unspecified atom stereocenters. The highest BCUT2D eigenvalue weighted by Gasteiger charge is 2.18. The van der Waals surface area contributed by atoms with Crippen LogP contribution < -0.4 is 10.0 Å². The van der Waals surface area contributed by atoms with Gasteiger partial charge >= 0.3 is 0 Å². The third-order valence-electron chi connectivity index (χ3n) is 2.64. The minimum Gasteiger partial charge on any atom is -0.369 e. The zero-order chi connectivity index (χ0) is 14.5. The lowest BCUT2D eigenvalue weighted by molar-refractivity contribution is 0.555. The smallest absolute Gasteiger partial charge is 0.242 e. The van der Waals surface area contributed by atoms with Gasteiger partial charge in [-0.1, -0.05) is 25.4 Å². The molecule has 1 aromatic rings. The lowest BCUT2D eigenvalue weighted by Crippen LogP contribution is -2.32. The average Bonchev–Trinajstić information content (AvgIpc) is 2.36. The van der Waals surface area contributed by atoms with Crippen LogP contribution >= 0.6 is 11.6 Å². The number of hydrogen-bond acceptors (Lipinski definition) is 4. The van der Waals surface area contributed by atoms with Crippen LogP contribution in [0.25, 0.3) is 0 Å². The first kappa shape index (κ1) is 16.2. The molecule has 0 aliphatic rings. The quantitative estimate of drug-likeness (QED) is 0.812. The van der Waals surface area contributed by atoms with E-state index in [1.165, 1.54) is 12.3 Å². The Labute approximate surface area is 119 Å². The predicted molar refractivity (Wildman–Crippen MR) is 78.1 cm³/mol. The first-order chi connectivity index (χ1) is 8.90. The highest BCUT2D eigenvalue weighted by atomic mass is 35.5. The van der Waals surface area contributed by atoms with Crippen LogP contribution in [0, 0.1) is 0 Å². The van der Waals surface area contributed by atoms with Gasteiger partial charge in [0.2, 0.25) is 10.0 Å². The van der Waals surface area contributed by atoms with Crippen molar-refractivity contribution in [2.24, 2.45) is 0 Å². The Morgan fingerprint density at radius 1 is 1.42 bits per heavy atom. The molecule has 5 nitrogen and oxygen atoms in total. The van der Waals surface area contributed by atoms with E-state index in [4.69, 9.17) is 11.6 Å². The van der Waals surface area contributed by atoms with Gasteiger partial charge in [0.1, 0.15) is 10.7 Å². The number of nitrogens with zero attached hydrogens (tertiary/aromatic N) is 1. The summed E-state index contributed by atoms with van der Waals surface area (Å²) in [6.07, 6.45) is 2.97. The van der Waals surface area contributed by atoms with Gasteiger partial charge < -0.3 is 5.32 Å². The van der Waals surface area contributed by atoms with Gasteiger partial charge in [-0.3, -0.25) is 0 Å². The van der Waals surface area contributed by atoms with Crippen LogP contribution in [0.2, 0.25) is 5.02 Å². The molecular weight excluding hydrogens is 286 g/mol. The number of sulfonamides is 1. The Morgan fingerprint density at radius 2 is 2.11 bits per heavy atom. The Hall–Kier alpha value is -0.850. The van der Waals surface area contributed by atoms with Crippen molar-refractivity contribution in [1.82, 2.24) is 9.71 Å². The van der Waals surface area contributed by atoms with Gasteiger partial charge in [-0.05, 0) is 25.8 Å². The monoisotopic (exact) mass is 305 g/mol. The second kappa shape index (κ2) is 7.07. The fourth-order valence-corrected chi connectivity index (χ4v) is 2.95. The lowest BCUT2D eigenvalue weighted by Gasteiger charge is -2.13. The molecule has 0 fully saturated rings. The number of hydrogen-bond donors (Lipinski definition) is 2. The van der Waals surface area contributed by atoms with Crippen LogP contribution in [0.3, 0.4) is 0 Å². The summed E-state index contributed by atoms with van der Waals surface area (Å²) in [4.78, 5) is 4.14. The number of pyridine rings is 1. The van der Waals surface area contributed by atoms with Crippen molar-refractivity contribution >= 4 is 27.4 Å². The van der Waals surface area contributed by atoms with Gasteiger partial charge in [0.15, 0.2) is 0 Å². The van der Waals surface area contributed by atoms with Gasteiger partial charge in [-0.15, -0.1) is 0 Å². The summed E-state index contributed by atoms with van der Waals surface area (Å²) in [7, 11) is -3.56. The molecule has 0 aliphatic heterocycles. The molecule has 0 bridgehead atoms. The number of halogens is 1. The van der Waals surface area contributed by atoms with E-state index in [2.05, 4.69) is 15.0 Å². The van der Waals surface area contributed by atoms with E-state index in [-0.39, 0.29) is 10.9 Å². The molecule has 1 rings (SSSR count). The first-order valence-electron chi connectivity index (χ1n) is 6.32. The predicted octanol–water partition coefficient (Wildman–Crippen LogP) is 2.63. The van der Waals surface area contributed by atoms with Crippen molar-refractivity contribution in [3.8, 4) is 0 Å². The molecule has 108 valence electrons. The summed E-state index contributed by atoms with van der Waals surface area (Å²) in [5.74, 6) is 0.506. The van der Waals surface area contributed by atoms with Crippen LogP contribution in [-0.4, -0.2) is 26.0 Å². The molecule has 0 radical (unpaired) electrons. The maximum Gasteiger partial charge on any atom is 0.242 e.